The first-order chi connectivity index (χ1) is 24.7. The fraction of sp³-hybridized carbons (Fsp3) is 0.222. The number of sulfonamides is 1. The molecule has 2 unspecified atom stereocenters. The van der Waals surface area contributed by atoms with E-state index in [1.165, 1.54) is 52.4 Å². The van der Waals surface area contributed by atoms with Gasteiger partial charge in [-0.3, -0.25) is 9.89 Å². The fourth-order valence-electron chi connectivity index (χ4n) is 5.57. The molecule has 51 heavy (non-hydrogen) atoms. The maximum atomic E-state index is 14.2. The molecule has 3 aromatic heterocycles. The Bertz CT molecular complexity index is 2110. The highest BCUT2D eigenvalue weighted by molar-refractivity contribution is 7.89. The summed E-state index contributed by atoms with van der Waals surface area (Å²) >= 11 is 2.67. The molecule has 0 radical (unpaired) electrons. The van der Waals surface area contributed by atoms with Crippen LogP contribution in [-0.2, 0) is 32.6 Å². The second-order valence-corrected chi connectivity index (χ2v) is 15.4. The molecule has 0 aliphatic carbocycles. The third kappa shape index (κ3) is 9.06. The molecule has 2 aromatic carbocycles. The summed E-state index contributed by atoms with van der Waals surface area (Å²) in [6.45, 7) is 5.10. The third-order valence-electron chi connectivity index (χ3n) is 8.10. The molecule has 2 amide bonds. The van der Waals surface area contributed by atoms with Gasteiger partial charge < -0.3 is 20.5 Å². The first kappa shape index (κ1) is 37.3. The van der Waals surface area contributed by atoms with Crippen LogP contribution in [0.4, 0.5) is 4.79 Å². The Morgan fingerprint density at radius 3 is 2.65 bits per heavy atom. The van der Waals surface area contributed by atoms with Crippen molar-refractivity contribution in [2.45, 2.75) is 42.9 Å². The number of aromatic nitrogens is 3. The molecule has 3 atom stereocenters. The van der Waals surface area contributed by atoms with Gasteiger partial charge in [0.2, 0.25) is 15.9 Å². The molecule has 0 aliphatic heterocycles. The van der Waals surface area contributed by atoms with Gasteiger partial charge in [-0.15, -0.1) is 22.7 Å². The van der Waals surface area contributed by atoms with Crippen LogP contribution in [-0.4, -0.2) is 64.8 Å². The van der Waals surface area contributed by atoms with Crippen LogP contribution in [0.5, 0.6) is 0 Å². The second kappa shape index (κ2) is 17.3. The van der Waals surface area contributed by atoms with E-state index in [2.05, 4.69) is 32.4 Å². The molecule has 0 spiro atoms. The molecule has 12 nitrogen and oxygen atoms in total. The molecule has 5 aromatic rings. The highest BCUT2D eigenvalue weighted by Gasteiger charge is 2.35. The smallest absolute Gasteiger partial charge is 0.407 e. The number of rotatable bonds is 16. The number of aliphatic hydroxyl groups is 1. The first-order valence-corrected chi connectivity index (χ1v) is 18.9. The molecule has 4 N–H and O–H groups in total. The molecular weight excluding hydrogens is 709 g/mol. The van der Waals surface area contributed by atoms with Crippen molar-refractivity contribution in [3.63, 3.8) is 0 Å². The van der Waals surface area contributed by atoms with Gasteiger partial charge in [-0.2, -0.15) is 9.40 Å². The lowest BCUT2D eigenvalue weighted by Crippen LogP contribution is -2.50. The number of H-pyrrole nitrogens is 1. The van der Waals surface area contributed by atoms with E-state index in [-0.39, 0.29) is 18.0 Å². The Morgan fingerprint density at radius 2 is 1.94 bits per heavy atom. The van der Waals surface area contributed by atoms with Gasteiger partial charge in [0, 0.05) is 34.0 Å². The van der Waals surface area contributed by atoms with Crippen LogP contribution in [0, 0.1) is 0 Å². The number of thiazole rings is 1. The minimum Gasteiger partial charge on any atom is -0.453 e. The van der Waals surface area contributed by atoms with E-state index in [4.69, 9.17) is 4.74 Å². The summed E-state index contributed by atoms with van der Waals surface area (Å²) in [5, 5.41) is 23.0. The maximum absolute atomic E-state index is 14.2. The highest BCUT2D eigenvalue weighted by atomic mass is 32.2. The summed E-state index contributed by atoms with van der Waals surface area (Å²) in [4.78, 5) is 32.0. The molecule has 3 heterocycles. The number of carbonyl (C=O) groups excluding carboxylic acids is 2. The molecule has 0 saturated heterocycles. The zero-order valence-corrected chi connectivity index (χ0v) is 30.4. The van der Waals surface area contributed by atoms with Gasteiger partial charge in [0.25, 0.3) is 0 Å². The van der Waals surface area contributed by atoms with Crippen molar-refractivity contribution in [1.82, 2.24) is 30.1 Å². The number of hydrogen-bond acceptors (Lipinski definition) is 10. The number of methoxy groups -OCH3 is 1. The number of amides is 2. The Balaban J connectivity index is 1.41. The largest absolute Gasteiger partial charge is 0.453 e. The Labute approximate surface area is 304 Å². The molecule has 0 fully saturated rings. The standard InChI is InChI=1S/C36H38N6O6S3/c1-4-5-7-10-24(2)33(26-11-8-6-9-12-26)34(41-36(45)48-3)35(44)37-20-27-13-15-32(50-27)30(22-43)42(21-25-18-39-40-19-25)51(46,47)28-14-16-31-29(17-28)38-23-49-31/h4-19,23,30,33-34,43H,1,20-22H2,2-3H3,(H,37,44)(H,39,40)(H,41,45)/b7-5-,24-10+/t30?,33?,34-/m0/s1. The summed E-state index contributed by atoms with van der Waals surface area (Å²) in [5.74, 6) is -0.993. The molecule has 0 aliphatic rings. The molecule has 0 bridgehead atoms. The fourth-order valence-corrected chi connectivity index (χ4v) is 8.96. The summed E-state index contributed by atoms with van der Waals surface area (Å²) in [6.07, 6.45) is 9.45. The number of benzene rings is 2. The predicted octanol–water partition coefficient (Wildman–Crippen LogP) is 5.82. The second-order valence-electron chi connectivity index (χ2n) is 11.4. The first-order valence-electron chi connectivity index (χ1n) is 15.8. The lowest BCUT2D eigenvalue weighted by Gasteiger charge is -2.29. The number of carbonyl (C=O) groups is 2. The van der Waals surface area contributed by atoms with E-state index in [1.54, 1.807) is 42.1 Å². The van der Waals surface area contributed by atoms with Crippen LogP contribution in [0.2, 0.25) is 0 Å². The van der Waals surface area contributed by atoms with Gasteiger partial charge in [0.05, 0.1) is 53.1 Å². The number of hydrogen-bond donors (Lipinski definition) is 4. The highest BCUT2D eigenvalue weighted by Crippen LogP contribution is 2.35. The van der Waals surface area contributed by atoms with Crippen molar-refractivity contribution >= 4 is 54.9 Å². The molecular formula is C36H38N6O6S3. The quantitative estimate of drug-likeness (QED) is 0.0918. The van der Waals surface area contributed by atoms with Crippen molar-refractivity contribution in [1.29, 1.82) is 0 Å². The lowest BCUT2D eigenvalue weighted by molar-refractivity contribution is -0.123. The van der Waals surface area contributed by atoms with Crippen LogP contribution in [0.1, 0.15) is 39.8 Å². The summed E-state index contributed by atoms with van der Waals surface area (Å²) in [7, 11) is -2.90. The van der Waals surface area contributed by atoms with Gasteiger partial charge in [-0.1, -0.05) is 66.8 Å². The SMILES string of the molecule is C=C/C=C\C=C(/C)C(c1ccccc1)[C@H](NC(=O)OC)C(=O)NCc1ccc(C(CO)N(Cc2cn[nH]c2)S(=O)(=O)c2ccc3scnc3c2)s1. The average molecular weight is 747 g/mol. The van der Waals surface area contributed by atoms with E-state index in [0.717, 1.165) is 15.8 Å². The Hall–Kier alpha value is -4.93. The van der Waals surface area contributed by atoms with Crippen LogP contribution in [0.3, 0.4) is 0 Å². The average Bonchev–Trinajstić information content (AvgIpc) is 3.93. The van der Waals surface area contributed by atoms with E-state index in [0.29, 0.717) is 20.8 Å². The summed E-state index contributed by atoms with van der Waals surface area (Å²) < 4.78 is 35.3. The summed E-state index contributed by atoms with van der Waals surface area (Å²) in [6, 6.07) is 15.7. The van der Waals surface area contributed by atoms with Crippen molar-refractivity contribution in [3.05, 3.63) is 136 Å². The van der Waals surface area contributed by atoms with Crippen LogP contribution in [0.25, 0.3) is 10.2 Å². The minimum absolute atomic E-state index is 0.0494. The van der Waals surface area contributed by atoms with Crippen molar-refractivity contribution in [2.24, 2.45) is 0 Å². The van der Waals surface area contributed by atoms with Gasteiger partial charge in [0.1, 0.15) is 6.04 Å². The van der Waals surface area contributed by atoms with Crippen LogP contribution >= 0.6 is 22.7 Å². The number of nitrogens with zero attached hydrogens (tertiary/aromatic N) is 3. The topological polar surface area (TPSA) is 167 Å². The zero-order chi connectivity index (χ0) is 36.4. The van der Waals surface area contributed by atoms with Gasteiger partial charge >= 0.3 is 6.09 Å². The normalized spacial score (nSPS) is 14.0. The number of thiophene rings is 1. The van der Waals surface area contributed by atoms with E-state index >= 15 is 0 Å². The number of allylic oxidation sites excluding steroid dienone is 4. The third-order valence-corrected chi connectivity index (χ3v) is 11.9. The van der Waals surface area contributed by atoms with Gasteiger partial charge in [-0.25, -0.2) is 18.2 Å². The minimum atomic E-state index is -4.13. The number of fused-ring (bicyclic) bond motifs is 1. The predicted molar refractivity (Wildman–Crippen MR) is 199 cm³/mol. The molecule has 15 heteroatoms. The number of ether oxygens (including phenoxy) is 1. The van der Waals surface area contributed by atoms with Crippen molar-refractivity contribution in [2.75, 3.05) is 13.7 Å². The Kier molecular flexibility index (Phi) is 12.7. The number of nitrogens with one attached hydrogen (secondary N) is 3. The maximum Gasteiger partial charge on any atom is 0.407 e. The molecule has 5 rings (SSSR count). The van der Waals surface area contributed by atoms with E-state index < -0.39 is 46.6 Å². The number of aliphatic hydroxyl groups excluding tert-OH is 1. The Morgan fingerprint density at radius 1 is 1.14 bits per heavy atom. The molecule has 266 valence electrons. The lowest BCUT2D eigenvalue weighted by atomic mass is 9.84. The van der Waals surface area contributed by atoms with E-state index in [1.807, 2.05) is 49.4 Å². The van der Waals surface area contributed by atoms with Gasteiger partial charge in [0.15, 0.2) is 0 Å². The monoisotopic (exact) mass is 746 g/mol. The van der Waals surface area contributed by atoms with E-state index in [9.17, 15) is 23.1 Å². The van der Waals surface area contributed by atoms with Crippen LogP contribution in [0.15, 0.2) is 120 Å². The van der Waals surface area contributed by atoms with Crippen LogP contribution < -0.4 is 10.6 Å². The van der Waals surface area contributed by atoms with Crippen molar-refractivity contribution in [3.8, 4) is 0 Å². The summed E-state index contributed by atoms with van der Waals surface area (Å²) in [5.41, 5.74) is 4.45. The van der Waals surface area contributed by atoms with Gasteiger partial charge in [-0.05, 0) is 42.8 Å². The number of aromatic amines is 1. The van der Waals surface area contributed by atoms with Crippen molar-refractivity contribution < 1.29 is 27.9 Å². The number of alkyl carbamates (subject to hydrolysis) is 1. The molecule has 0 saturated carbocycles. The zero-order valence-electron chi connectivity index (χ0n) is 27.9.